The second-order valence-electron chi connectivity index (χ2n) is 4.38. The molecule has 7 heteroatoms. The SMILES string of the molecule is COc1cc2c(cc1F)nc(N)n2-c1ccc(F)c(F)c1. The van der Waals surface area contributed by atoms with E-state index in [4.69, 9.17) is 10.5 Å². The van der Waals surface area contributed by atoms with Crippen LogP contribution in [0.25, 0.3) is 16.7 Å². The molecular formula is C14H10F3N3O. The van der Waals surface area contributed by atoms with Crippen molar-refractivity contribution in [3.05, 3.63) is 47.8 Å². The van der Waals surface area contributed by atoms with E-state index < -0.39 is 17.5 Å². The molecule has 108 valence electrons. The van der Waals surface area contributed by atoms with Crippen LogP contribution < -0.4 is 10.5 Å². The number of ether oxygens (including phenoxy) is 1. The lowest BCUT2D eigenvalue weighted by atomic mass is 10.2. The highest BCUT2D eigenvalue weighted by atomic mass is 19.2. The van der Waals surface area contributed by atoms with E-state index in [1.54, 1.807) is 0 Å². The van der Waals surface area contributed by atoms with Gasteiger partial charge in [-0.15, -0.1) is 0 Å². The minimum Gasteiger partial charge on any atom is -0.494 e. The van der Waals surface area contributed by atoms with Gasteiger partial charge in [0.1, 0.15) is 0 Å². The molecule has 21 heavy (non-hydrogen) atoms. The molecule has 0 aliphatic heterocycles. The Kier molecular flexibility index (Phi) is 2.97. The molecule has 0 saturated carbocycles. The number of rotatable bonds is 2. The second-order valence-corrected chi connectivity index (χ2v) is 4.38. The molecule has 0 fully saturated rings. The van der Waals surface area contributed by atoms with Gasteiger partial charge in [0, 0.05) is 18.2 Å². The predicted molar refractivity (Wildman–Crippen MR) is 71.9 cm³/mol. The van der Waals surface area contributed by atoms with Gasteiger partial charge in [-0.1, -0.05) is 0 Å². The number of halogens is 3. The molecule has 0 spiro atoms. The molecule has 0 atom stereocenters. The zero-order chi connectivity index (χ0) is 15.1. The average molecular weight is 293 g/mol. The topological polar surface area (TPSA) is 53.1 Å². The Morgan fingerprint density at radius 1 is 1.05 bits per heavy atom. The van der Waals surface area contributed by atoms with Crippen molar-refractivity contribution in [1.29, 1.82) is 0 Å². The molecule has 0 unspecified atom stereocenters. The van der Waals surface area contributed by atoms with Crippen LogP contribution in [-0.4, -0.2) is 16.7 Å². The van der Waals surface area contributed by atoms with Gasteiger partial charge in [-0.3, -0.25) is 4.57 Å². The molecule has 3 rings (SSSR count). The number of hydrogen-bond donors (Lipinski definition) is 1. The molecule has 0 bridgehead atoms. The van der Waals surface area contributed by atoms with Crippen molar-refractivity contribution in [1.82, 2.24) is 9.55 Å². The Morgan fingerprint density at radius 2 is 1.81 bits per heavy atom. The first-order chi connectivity index (χ1) is 10.0. The van der Waals surface area contributed by atoms with E-state index in [0.29, 0.717) is 5.52 Å². The highest BCUT2D eigenvalue weighted by Gasteiger charge is 2.15. The van der Waals surface area contributed by atoms with Gasteiger partial charge in [0.15, 0.2) is 23.2 Å². The number of methoxy groups -OCH3 is 1. The van der Waals surface area contributed by atoms with Crippen LogP contribution in [0.3, 0.4) is 0 Å². The molecule has 0 radical (unpaired) electrons. The fourth-order valence-electron chi connectivity index (χ4n) is 2.15. The maximum absolute atomic E-state index is 13.7. The summed E-state index contributed by atoms with van der Waals surface area (Å²) in [6, 6.07) is 5.89. The number of nitrogen functional groups attached to an aromatic ring is 1. The van der Waals surface area contributed by atoms with Gasteiger partial charge >= 0.3 is 0 Å². The first-order valence-corrected chi connectivity index (χ1v) is 5.98. The van der Waals surface area contributed by atoms with Crippen molar-refractivity contribution in [2.75, 3.05) is 12.8 Å². The number of aromatic nitrogens is 2. The summed E-state index contributed by atoms with van der Waals surface area (Å²) in [6.07, 6.45) is 0. The van der Waals surface area contributed by atoms with Gasteiger partial charge in [-0.25, -0.2) is 18.2 Å². The van der Waals surface area contributed by atoms with Crippen LogP contribution in [0.2, 0.25) is 0 Å². The fourth-order valence-corrected chi connectivity index (χ4v) is 2.15. The van der Waals surface area contributed by atoms with Crippen molar-refractivity contribution < 1.29 is 17.9 Å². The first kappa shape index (κ1) is 13.3. The number of anilines is 1. The summed E-state index contributed by atoms with van der Waals surface area (Å²) in [6.45, 7) is 0. The summed E-state index contributed by atoms with van der Waals surface area (Å²) in [7, 11) is 1.33. The molecule has 2 N–H and O–H groups in total. The van der Waals surface area contributed by atoms with Crippen molar-refractivity contribution in [2.24, 2.45) is 0 Å². The molecule has 3 aromatic rings. The van der Waals surface area contributed by atoms with Gasteiger partial charge in [0.05, 0.1) is 23.8 Å². The fraction of sp³-hybridized carbons (Fsp3) is 0.0714. The van der Waals surface area contributed by atoms with Crippen LogP contribution in [0, 0.1) is 17.5 Å². The van der Waals surface area contributed by atoms with Crippen molar-refractivity contribution in [3.63, 3.8) is 0 Å². The van der Waals surface area contributed by atoms with Gasteiger partial charge in [0.25, 0.3) is 0 Å². The summed E-state index contributed by atoms with van der Waals surface area (Å²) in [5, 5.41) is 0. The summed E-state index contributed by atoms with van der Waals surface area (Å²) < 4.78 is 46.4. The molecule has 0 aliphatic rings. The van der Waals surface area contributed by atoms with Gasteiger partial charge in [-0.05, 0) is 12.1 Å². The van der Waals surface area contributed by atoms with E-state index in [2.05, 4.69) is 4.98 Å². The lowest BCUT2D eigenvalue weighted by molar-refractivity contribution is 0.387. The average Bonchev–Trinajstić information content (AvgIpc) is 2.76. The standard InChI is InChI=1S/C14H10F3N3O/c1-21-13-6-12-11(5-10(13)17)19-14(18)20(12)7-2-3-8(15)9(16)4-7/h2-6H,1H3,(H2,18,19). The van der Waals surface area contributed by atoms with Crippen LogP contribution in [-0.2, 0) is 0 Å². The molecule has 1 aromatic heterocycles. The summed E-state index contributed by atoms with van der Waals surface area (Å²) in [5.74, 6) is -2.52. The number of benzene rings is 2. The van der Waals surface area contributed by atoms with E-state index in [1.165, 1.54) is 29.9 Å². The van der Waals surface area contributed by atoms with E-state index in [9.17, 15) is 13.2 Å². The number of fused-ring (bicyclic) bond motifs is 1. The highest BCUT2D eigenvalue weighted by Crippen LogP contribution is 2.29. The van der Waals surface area contributed by atoms with Crippen LogP contribution >= 0.6 is 0 Å². The number of nitrogens with two attached hydrogens (primary N) is 1. The lowest BCUT2D eigenvalue weighted by Gasteiger charge is -2.08. The molecule has 0 aliphatic carbocycles. The summed E-state index contributed by atoms with van der Waals surface area (Å²) >= 11 is 0. The Bertz CT molecular complexity index is 845. The predicted octanol–water partition coefficient (Wildman–Crippen LogP) is 3.03. The number of imidazole rings is 1. The van der Waals surface area contributed by atoms with Gasteiger partial charge in [0.2, 0.25) is 5.95 Å². The zero-order valence-electron chi connectivity index (χ0n) is 10.9. The normalized spacial score (nSPS) is 11.0. The largest absolute Gasteiger partial charge is 0.494 e. The second kappa shape index (κ2) is 4.69. The third kappa shape index (κ3) is 2.06. The third-order valence-corrected chi connectivity index (χ3v) is 3.12. The molecular weight excluding hydrogens is 283 g/mol. The smallest absolute Gasteiger partial charge is 0.205 e. The van der Waals surface area contributed by atoms with Crippen LogP contribution in [0.5, 0.6) is 5.75 Å². The van der Waals surface area contributed by atoms with Crippen LogP contribution in [0.15, 0.2) is 30.3 Å². The molecule has 4 nitrogen and oxygen atoms in total. The minimum absolute atomic E-state index is 0.00577. The van der Waals surface area contributed by atoms with E-state index in [-0.39, 0.29) is 22.9 Å². The molecule has 0 amide bonds. The van der Waals surface area contributed by atoms with E-state index >= 15 is 0 Å². The Hall–Kier alpha value is -2.70. The van der Waals surface area contributed by atoms with Gasteiger partial charge < -0.3 is 10.5 Å². The Labute approximate surface area is 117 Å². The zero-order valence-corrected chi connectivity index (χ0v) is 10.9. The number of nitrogens with zero attached hydrogens (tertiary/aromatic N) is 2. The quantitative estimate of drug-likeness (QED) is 0.790. The lowest BCUT2D eigenvalue weighted by Crippen LogP contribution is -2.02. The summed E-state index contributed by atoms with van der Waals surface area (Å²) in [4.78, 5) is 4.01. The molecule has 1 heterocycles. The monoisotopic (exact) mass is 293 g/mol. The van der Waals surface area contributed by atoms with Crippen LogP contribution in [0.4, 0.5) is 19.1 Å². The maximum atomic E-state index is 13.7. The minimum atomic E-state index is -1.01. The maximum Gasteiger partial charge on any atom is 0.205 e. The van der Waals surface area contributed by atoms with Gasteiger partial charge in [-0.2, -0.15) is 0 Å². The van der Waals surface area contributed by atoms with Crippen molar-refractivity contribution in [2.45, 2.75) is 0 Å². The van der Waals surface area contributed by atoms with E-state index in [1.807, 2.05) is 0 Å². The third-order valence-electron chi connectivity index (χ3n) is 3.12. The molecule has 0 saturated heterocycles. The Morgan fingerprint density at radius 3 is 2.48 bits per heavy atom. The first-order valence-electron chi connectivity index (χ1n) is 5.98. The highest BCUT2D eigenvalue weighted by molar-refractivity contribution is 5.82. The van der Waals surface area contributed by atoms with Crippen molar-refractivity contribution >= 4 is 17.0 Å². The Balaban J connectivity index is 2.30. The van der Waals surface area contributed by atoms with Crippen LogP contribution in [0.1, 0.15) is 0 Å². The number of hydrogen-bond acceptors (Lipinski definition) is 3. The van der Waals surface area contributed by atoms with Crippen molar-refractivity contribution in [3.8, 4) is 11.4 Å². The molecule has 2 aromatic carbocycles. The van der Waals surface area contributed by atoms with E-state index in [0.717, 1.165) is 12.1 Å². The summed E-state index contributed by atoms with van der Waals surface area (Å²) in [5.41, 5.74) is 6.78.